The van der Waals surface area contributed by atoms with E-state index in [0.29, 0.717) is 6.04 Å². The van der Waals surface area contributed by atoms with Crippen LogP contribution in [0.1, 0.15) is 70.6 Å². The van der Waals surface area contributed by atoms with Crippen molar-refractivity contribution < 1.29 is 0 Å². The third kappa shape index (κ3) is 5.66. The topological polar surface area (TPSA) is 39.7 Å². The van der Waals surface area contributed by atoms with Crippen molar-refractivity contribution in [1.82, 2.24) is 15.5 Å². The number of guanidine groups is 1. The summed E-state index contributed by atoms with van der Waals surface area (Å²) in [5.74, 6) is 2.04. The van der Waals surface area contributed by atoms with E-state index in [1.165, 1.54) is 83.7 Å². The molecule has 0 spiro atoms. The molecule has 0 radical (unpaired) electrons. The summed E-state index contributed by atoms with van der Waals surface area (Å²) in [5.41, 5.74) is 0. The zero-order valence-corrected chi connectivity index (χ0v) is 15.0. The van der Waals surface area contributed by atoms with Gasteiger partial charge in [-0.3, -0.25) is 4.99 Å². The first kappa shape index (κ1) is 17.1. The Bertz CT molecular complexity index is 364. The molecule has 1 aliphatic heterocycles. The largest absolute Gasteiger partial charge is 0.356 e. The van der Waals surface area contributed by atoms with Crippen molar-refractivity contribution in [3.8, 4) is 0 Å². The monoisotopic (exact) mass is 320 g/mol. The molecule has 0 aromatic rings. The van der Waals surface area contributed by atoms with Crippen molar-refractivity contribution in [3.63, 3.8) is 0 Å². The molecule has 3 fully saturated rings. The second kappa shape index (κ2) is 8.91. The van der Waals surface area contributed by atoms with Crippen molar-refractivity contribution in [2.24, 2.45) is 10.9 Å². The van der Waals surface area contributed by atoms with Gasteiger partial charge < -0.3 is 15.5 Å². The zero-order chi connectivity index (χ0) is 15.9. The van der Waals surface area contributed by atoms with Crippen LogP contribution in [0.4, 0.5) is 0 Å². The van der Waals surface area contributed by atoms with Crippen molar-refractivity contribution in [2.45, 2.75) is 82.7 Å². The molecule has 2 saturated carbocycles. The van der Waals surface area contributed by atoms with Crippen LogP contribution in [-0.2, 0) is 0 Å². The van der Waals surface area contributed by atoms with Gasteiger partial charge in [0.1, 0.15) is 0 Å². The first-order valence-corrected chi connectivity index (χ1v) is 10.1. The van der Waals surface area contributed by atoms with Crippen LogP contribution in [0, 0.1) is 5.92 Å². The highest BCUT2D eigenvalue weighted by Gasteiger charge is 2.31. The van der Waals surface area contributed by atoms with Crippen LogP contribution >= 0.6 is 0 Å². The van der Waals surface area contributed by atoms with Gasteiger partial charge in [-0.15, -0.1) is 0 Å². The van der Waals surface area contributed by atoms with E-state index in [4.69, 9.17) is 0 Å². The Morgan fingerprint density at radius 2 is 1.74 bits per heavy atom. The van der Waals surface area contributed by atoms with Gasteiger partial charge in [0.2, 0.25) is 0 Å². The predicted molar refractivity (Wildman–Crippen MR) is 97.9 cm³/mol. The lowest BCUT2D eigenvalue weighted by Gasteiger charge is -2.33. The molecule has 2 aliphatic carbocycles. The summed E-state index contributed by atoms with van der Waals surface area (Å²) in [6, 6.07) is 1.53. The van der Waals surface area contributed by atoms with E-state index in [0.717, 1.165) is 24.5 Å². The second-order valence-electron chi connectivity index (χ2n) is 7.83. The van der Waals surface area contributed by atoms with Crippen LogP contribution in [0.3, 0.4) is 0 Å². The van der Waals surface area contributed by atoms with Crippen LogP contribution in [0.15, 0.2) is 4.99 Å². The summed E-state index contributed by atoms with van der Waals surface area (Å²) in [5, 5.41) is 7.14. The molecule has 0 aromatic carbocycles. The molecule has 23 heavy (non-hydrogen) atoms. The fourth-order valence-corrected chi connectivity index (χ4v) is 4.30. The molecule has 4 nitrogen and oxygen atoms in total. The van der Waals surface area contributed by atoms with Crippen LogP contribution < -0.4 is 10.6 Å². The maximum absolute atomic E-state index is 4.40. The molecular weight excluding hydrogens is 284 g/mol. The number of hydrogen-bond acceptors (Lipinski definition) is 2. The van der Waals surface area contributed by atoms with E-state index in [1.807, 2.05) is 7.05 Å². The molecule has 132 valence electrons. The number of unbranched alkanes of at least 4 members (excludes halogenated alkanes) is 1. The Hall–Kier alpha value is -0.770. The highest BCUT2D eigenvalue weighted by atomic mass is 15.2. The number of piperidine rings is 1. The molecule has 0 bridgehead atoms. The molecule has 4 heteroatoms. The molecule has 1 saturated heterocycles. The van der Waals surface area contributed by atoms with Gasteiger partial charge in [-0.1, -0.05) is 38.5 Å². The number of nitrogens with one attached hydrogen (secondary N) is 2. The second-order valence-corrected chi connectivity index (χ2v) is 7.83. The zero-order valence-electron chi connectivity index (χ0n) is 15.0. The lowest BCUT2D eigenvalue weighted by Crippen LogP contribution is -2.49. The summed E-state index contributed by atoms with van der Waals surface area (Å²) in [4.78, 5) is 7.08. The minimum atomic E-state index is 0.606. The van der Waals surface area contributed by atoms with Gasteiger partial charge in [-0.25, -0.2) is 0 Å². The highest BCUT2D eigenvalue weighted by molar-refractivity contribution is 5.79. The summed E-state index contributed by atoms with van der Waals surface area (Å²) < 4.78 is 0. The van der Waals surface area contributed by atoms with Crippen LogP contribution in [-0.4, -0.2) is 49.6 Å². The van der Waals surface area contributed by atoms with E-state index >= 15 is 0 Å². The van der Waals surface area contributed by atoms with Gasteiger partial charge in [0.25, 0.3) is 0 Å². The average molecular weight is 321 g/mol. The van der Waals surface area contributed by atoms with Gasteiger partial charge in [-0.2, -0.15) is 0 Å². The van der Waals surface area contributed by atoms with Gasteiger partial charge >= 0.3 is 0 Å². The number of nitrogens with zero attached hydrogens (tertiary/aromatic N) is 2. The quantitative estimate of drug-likeness (QED) is 0.430. The molecule has 1 heterocycles. The number of likely N-dealkylation sites (tertiary alicyclic amines) is 1. The summed E-state index contributed by atoms with van der Waals surface area (Å²) in [6.45, 7) is 3.59. The van der Waals surface area contributed by atoms with Gasteiger partial charge in [0.15, 0.2) is 5.96 Å². The molecule has 3 rings (SSSR count). The normalized spacial score (nSPS) is 25.0. The minimum Gasteiger partial charge on any atom is -0.356 e. The van der Waals surface area contributed by atoms with E-state index < -0.39 is 0 Å². The van der Waals surface area contributed by atoms with Gasteiger partial charge in [0, 0.05) is 38.8 Å². The van der Waals surface area contributed by atoms with Crippen molar-refractivity contribution in [3.05, 3.63) is 0 Å². The maximum atomic E-state index is 4.40. The minimum absolute atomic E-state index is 0.606. The van der Waals surface area contributed by atoms with Crippen molar-refractivity contribution in [1.29, 1.82) is 0 Å². The SMILES string of the molecule is CN=C(NCCCCC1CCCC1)NC1CCN(C2CC2)CC1. The Kier molecular flexibility index (Phi) is 6.61. The van der Waals surface area contributed by atoms with Crippen molar-refractivity contribution in [2.75, 3.05) is 26.7 Å². The summed E-state index contributed by atoms with van der Waals surface area (Å²) >= 11 is 0. The first-order chi connectivity index (χ1) is 11.3. The summed E-state index contributed by atoms with van der Waals surface area (Å²) in [7, 11) is 1.90. The van der Waals surface area contributed by atoms with Gasteiger partial charge in [0.05, 0.1) is 0 Å². The van der Waals surface area contributed by atoms with Crippen molar-refractivity contribution >= 4 is 5.96 Å². The van der Waals surface area contributed by atoms with Crippen LogP contribution in [0.25, 0.3) is 0 Å². The Morgan fingerprint density at radius 1 is 1.00 bits per heavy atom. The number of rotatable bonds is 7. The fraction of sp³-hybridized carbons (Fsp3) is 0.947. The highest BCUT2D eigenvalue weighted by Crippen LogP contribution is 2.29. The Balaban J connectivity index is 1.24. The standard InChI is InChI=1S/C19H36N4/c1-20-19(21-13-5-4-8-16-6-2-3-7-16)22-17-11-14-23(15-12-17)18-9-10-18/h16-18H,2-15H2,1H3,(H2,20,21,22). The number of hydrogen-bond donors (Lipinski definition) is 2. The molecule has 0 amide bonds. The number of aliphatic imine (C=N–C) groups is 1. The molecule has 3 aliphatic rings. The van der Waals surface area contributed by atoms with E-state index in [2.05, 4.69) is 20.5 Å². The van der Waals surface area contributed by atoms with E-state index in [9.17, 15) is 0 Å². The molecular formula is C19H36N4. The summed E-state index contributed by atoms with van der Waals surface area (Å²) in [6.07, 6.45) is 15.4. The lowest BCUT2D eigenvalue weighted by atomic mass is 10.0. The van der Waals surface area contributed by atoms with E-state index in [1.54, 1.807) is 0 Å². The van der Waals surface area contributed by atoms with Crippen LogP contribution in [0.5, 0.6) is 0 Å². The lowest BCUT2D eigenvalue weighted by molar-refractivity contribution is 0.197. The van der Waals surface area contributed by atoms with Crippen LogP contribution in [0.2, 0.25) is 0 Å². The third-order valence-electron chi connectivity index (χ3n) is 5.96. The third-order valence-corrected chi connectivity index (χ3v) is 5.96. The predicted octanol–water partition coefficient (Wildman–Crippen LogP) is 3.14. The smallest absolute Gasteiger partial charge is 0.191 e. The first-order valence-electron chi connectivity index (χ1n) is 10.1. The molecule has 0 aromatic heterocycles. The molecule has 0 atom stereocenters. The Morgan fingerprint density at radius 3 is 2.39 bits per heavy atom. The molecule has 2 N–H and O–H groups in total. The van der Waals surface area contributed by atoms with Gasteiger partial charge in [-0.05, 0) is 38.0 Å². The maximum Gasteiger partial charge on any atom is 0.191 e. The Labute approximate surface area is 142 Å². The van der Waals surface area contributed by atoms with E-state index in [-0.39, 0.29) is 0 Å². The molecule has 0 unspecified atom stereocenters. The fourth-order valence-electron chi connectivity index (χ4n) is 4.30. The average Bonchev–Trinajstić information content (AvgIpc) is 3.30.